The van der Waals surface area contributed by atoms with Gasteiger partial charge in [-0.25, -0.2) is 0 Å². The van der Waals surface area contributed by atoms with Gasteiger partial charge < -0.3 is 4.42 Å². The number of fused-ring (bicyclic) bond motifs is 1. The summed E-state index contributed by atoms with van der Waals surface area (Å²) in [5.41, 5.74) is 4.18. The summed E-state index contributed by atoms with van der Waals surface area (Å²) in [6.45, 7) is 4.12. The van der Waals surface area contributed by atoms with Crippen LogP contribution >= 0.6 is 15.9 Å². The predicted molar refractivity (Wildman–Crippen MR) is 87.9 cm³/mol. The molecule has 0 amide bonds. The van der Waals surface area contributed by atoms with Crippen LogP contribution in [0.5, 0.6) is 0 Å². The highest BCUT2D eigenvalue weighted by molar-refractivity contribution is 9.10. The Morgan fingerprint density at radius 1 is 1.10 bits per heavy atom. The zero-order valence-corrected chi connectivity index (χ0v) is 13.5. The second-order valence-electron chi connectivity index (χ2n) is 5.29. The molecule has 21 heavy (non-hydrogen) atoms. The first-order valence-corrected chi connectivity index (χ1v) is 7.61. The van der Waals surface area contributed by atoms with Crippen molar-refractivity contribution < 1.29 is 9.21 Å². The number of para-hydroxylation sites is 1. The van der Waals surface area contributed by atoms with E-state index in [4.69, 9.17) is 4.42 Å². The van der Waals surface area contributed by atoms with Crippen LogP contribution in [0.15, 0.2) is 51.4 Å². The van der Waals surface area contributed by atoms with Crippen LogP contribution in [0.3, 0.4) is 0 Å². The van der Waals surface area contributed by atoms with Crippen molar-refractivity contribution in [3.05, 3.63) is 69.4 Å². The average Bonchev–Trinajstić information content (AvgIpc) is 2.89. The van der Waals surface area contributed by atoms with Gasteiger partial charge in [-0.05, 0) is 58.6 Å². The van der Waals surface area contributed by atoms with Gasteiger partial charge in [0.25, 0.3) is 0 Å². The zero-order chi connectivity index (χ0) is 15.0. The number of hydrogen-bond donors (Lipinski definition) is 0. The second kappa shape index (κ2) is 5.49. The molecule has 0 aliphatic heterocycles. The highest BCUT2D eigenvalue weighted by atomic mass is 79.9. The van der Waals surface area contributed by atoms with Crippen molar-refractivity contribution in [1.29, 1.82) is 0 Å². The standard InChI is InChI=1S/C18H15BrO2/c1-11-6-7-13(8-12(11)2)9-16(20)17-10-14-4-3-5-15(19)18(14)21-17/h3-8,10H,9H2,1-2H3. The van der Waals surface area contributed by atoms with Gasteiger partial charge in [-0.15, -0.1) is 0 Å². The van der Waals surface area contributed by atoms with E-state index in [1.54, 1.807) is 0 Å². The van der Waals surface area contributed by atoms with Crippen molar-refractivity contribution in [2.24, 2.45) is 0 Å². The lowest BCUT2D eigenvalue weighted by Gasteiger charge is -2.03. The van der Waals surface area contributed by atoms with E-state index in [-0.39, 0.29) is 5.78 Å². The molecule has 0 aliphatic carbocycles. The number of ketones is 1. The predicted octanol–water partition coefficient (Wildman–Crippen LogP) is 5.24. The minimum Gasteiger partial charge on any atom is -0.452 e. The molecule has 0 spiro atoms. The molecule has 2 aromatic carbocycles. The van der Waals surface area contributed by atoms with Gasteiger partial charge >= 0.3 is 0 Å². The Morgan fingerprint density at radius 3 is 2.62 bits per heavy atom. The Morgan fingerprint density at radius 2 is 1.90 bits per heavy atom. The number of aryl methyl sites for hydroxylation is 2. The van der Waals surface area contributed by atoms with E-state index in [1.165, 1.54) is 11.1 Å². The molecule has 0 saturated carbocycles. The van der Waals surface area contributed by atoms with Gasteiger partial charge in [0.05, 0.1) is 4.47 Å². The van der Waals surface area contributed by atoms with Crippen LogP contribution in [0, 0.1) is 13.8 Å². The van der Waals surface area contributed by atoms with Crippen molar-refractivity contribution in [3.8, 4) is 0 Å². The van der Waals surface area contributed by atoms with Crippen LogP contribution in [-0.4, -0.2) is 5.78 Å². The fourth-order valence-corrected chi connectivity index (χ4v) is 2.81. The van der Waals surface area contributed by atoms with Crippen LogP contribution in [-0.2, 0) is 6.42 Å². The van der Waals surface area contributed by atoms with E-state index in [0.717, 1.165) is 21.0 Å². The molecule has 1 heterocycles. The molecule has 0 bridgehead atoms. The number of Topliss-reactive ketones (excluding diaryl/α,β-unsaturated/α-hetero) is 1. The Kier molecular flexibility index (Phi) is 3.68. The maximum Gasteiger partial charge on any atom is 0.202 e. The molecule has 3 aromatic rings. The highest BCUT2D eigenvalue weighted by Crippen LogP contribution is 2.27. The van der Waals surface area contributed by atoms with E-state index in [0.29, 0.717) is 12.2 Å². The van der Waals surface area contributed by atoms with E-state index in [9.17, 15) is 4.79 Å². The topological polar surface area (TPSA) is 30.2 Å². The zero-order valence-electron chi connectivity index (χ0n) is 11.9. The van der Waals surface area contributed by atoms with Gasteiger partial charge in [0.15, 0.2) is 5.76 Å². The molecule has 106 valence electrons. The molecular weight excluding hydrogens is 328 g/mol. The number of halogens is 1. The molecule has 1 aromatic heterocycles. The van der Waals surface area contributed by atoms with Crippen LogP contribution < -0.4 is 0 Å². The third-order valence-corrected chi connectivity index (χ3v) is 4.33. The average molecular weight is 343 g/mol. The molecule has 0 saturated heterocycles. The molecule has 3 rings (SSSR count). The number of furan rings is 1. The summed E-state index contributed by atoms with van der Waals surface area (Å²) in [5.74, 6) is 0.413. The summed E-state index contributed by atoms with van der Waals surface area (Å²) in [4.78, 5) is 12.4. The molecular formula is C18H15BrO2. The summed E-state index contributed by atoms with van der Waals surface area (Å²) in [7, 11) is 0. The van der Waals surface area contributed by atoms with E-state index < -0.39 is 0 Å². The maximum absolute atomic E-state index is 12.4. The first-order valence-electron chi connectivity index (χ1n) is 6.82. The van der Waals surface area contributed by atoms with E-state index >= 15 is 0 Å². The Bertz CT molecular complexity index is 830. The lowest BCUT2D eigenvalue weighted by Crippen LogP contribution is -2.02. The monoisotopic (exact) mass is 342 g/mol. The van der Waals surface area contributed by atoms with Gasteiger partial charge in [-0.2, -0.15) is 0 Å². The number of benzene rings is 2. The lowest BCUT2D eigenvalue weighted by atomic mass is 10.0. The normalized spacial score (nSPS) is 11.0. The third-order valence-electron chi connectivity index (χ3n) is 3.71. The number of hydrogen-bond acceptors (Lipinski definition) is 2. The molecule has 0 fully saturated rings. The Hall–Kier alpha value is -1.87. The first-order chi connectivity index (χ1) is 10.0. The second-order valence-corrected chi connectivity index (χ2v) is 6.14. The van der Waals surface area contributed by atoms with Gasteiger partial charge in [-0.3, -0.25) is 4.79 Å². The summed E-state index contributed by atoms with van der Waals surface area (Å²) in [6, 6.07) is 13.7. The SMILES string of the molecule is Cc1ccc(CC(=O)c2cc3cccc(Br)c3o2)cc1C. The summed E-state index contributed by atoms with van der Waals surface area (Å²) in [6.07, 6.45) is 0.360. The smallest absolute Gasteiger partial charge is 0.202 e. The first kappa shape index (κ1) is 14.1. The van der Waals surface area contributed by atoms with Crippen LogP contribution in [0.25, 0.3) is 11.0 Å². The van der Waals surface area contributed by atoms with Crippen molar-refractivity contribution >= 4 is 32.7 Å². The maximum atomic E-state index is 12.4. The van der Waals surface area contributed by atoms with Crippen LogP contribution in [0.1, 0.15) is 27.2 Å². The molecule has 0 radical (unpaired) electrons. The quantitative estimate of drug-likeness (QED) is 0.609. The minimum absolute atomic E-state index is 0.00125. The molecule has 0 unspecified atom stereocenters. The highest BCUT2D eigenvalue weighted by Gasteiger charge is 2.14. The minimum atomic E-state index is 0.00125. The molecule has 3 heteroatoms. The van der Waals surface area contributed by atoms with E-state index in [2.05, 4.69) is 35.8 Å². The van der Waals surface area contributed by atoms with Crippen LogP contribution in [0.2, 0.25) is 0 Å². The van der Waals surface area contributed by atoms with E-state index in [1.807, 2.05) is 36.4 Å². The van der Waals surface area contributed by atoms with Gasteiger partial charge in [0.2, 0.25) is 5.78 Å². The van der Waals surface area contributed by atoms with Crippen molar-refractivity contribution in [3.63, 3.8) is 0 Å². The number of carbonyl (C=O) groups excluding carboxylic acids is 1. The van der Waals surface area contributed by atoms with Crippen molar-refractivity contribution in [2.75, 3.05) is 0 Å². The van der Waals surface area contributed by atoms with Crippen molar-refractivity contribution in [2.45, 2.75) is 20.3 Å². The molecule has 0 N–H and O–H groups in total. The summed E-state index contributed by atoms with van der Waals surface area (Å²) < 4.78 is 6.56. The third kappa shape index (κ3) is 2.79. The lowest BCUT2D eigenvalue weighted by molar-refractivity contribution is 0.0968. The molecule has 2 nitrogen and oxygen atoms in total. The largest absolute Gasteiger partial charge is 0.452 e. The van der Waals surface area contributed by atoms with Gasteiger partial charge in [0.1, 0.15) is 5.58 Å². The molecule has 0 aliphatic rings. The number of rotatable bonds is 3. The Balaban J connectivity index is 1.90. The summed E-state index contributed by atoms with van der Waals surface area (Å²) in [5, 5.41) is 0.938. The molecule has 0 atom stereocenters. The number of carbonyl (C=O) groups is 1. The van der Waals surface area contributed by atoms with Gasteiger partial charge in [0, 0.05) is 11.8 Å². The van der Waals surface area contributed by atoms with Gasteiger partial charge in [-0.1, -0.05) is 30.3 Å². The Labute approximate surface area is 131 Å². The summed E-state index contributed by atoms with van der Waals surface area (Å²) >= 11 is 3.44. The fourth-order valence-electron chi connectivity index (χ4n) is 2.35. The fraction of sp³-hybridized carbons (Fsp3) is 0.167. The van der Waals surface area contributed by atoms with Crippen LogP contribution in [0.4, 0.5) is 0 Å². The van der Waals surface area contributed by atoms with Crippen molar-refractivity contribution in [1.82, 2.24) is 0 Å².